The van der Waals surface area contributed by atoms with Crippen LogP contribution in [0.2, 0.25) is 0 Å². The van der Waals surface area contributed by atoms with Crippen LogP contribution in [-0.2, 0) is 4.74 Å². The summed E-state index contributed by atoms with van der Waals surface area (Å²) in [5, 5.41) is 14.5. The van der Waals surface area contributed by atoms with Crippen molar-refractivity contribution in [2.24, 2.45) is 5.41 Å². The highest BCUT2D eigenvalue weighted by molar-refractivity contribution is 7.26. The van der Waals surface area contributed by atoms with Crippen molar-refractivity contribution >= 4 is 59.1 Å². The van der Waals surface area contributed by atoms with E-state index in [4.69, 9.17) is 30.8 Å². The number of fused-ring (bicyclic) bond motifs is 7. The first-order valence-corrected chi connectivity index (χ1v) is 17.0. The number of aromatic amines is 1. The molecule has 0 radical (unpaired) electrons. The summed E-state index contributed by atoms with van der Waals surface area (Å²) >= 11 is 1.34. The molecule has 0 unspecified atom stereocenters. The molecular weight excluding hydrogens is 658 g/mol. The van der Waals surface area contributed by atoms with Gasteiger partial charge in [-0.2, -0.15) is 28.2 Å². The maximum Gasteiger partial charge on any atom is 0.397 e. The van der Waals surface area contributed by atoms with Crippen LogP contribution < -0.4 is 15.0 Å². The van der Waals surface area contributed by atoms with E-state index in [1.165, 1.54) is 17.4 Å². The Hall–Kier alpha value is -4.58. The molecule has 0 saturated carbocycles. The molecule has 2 N–H and O–H groups in total. The smallest absolute Gasteiger partial charge is 0.397 e. The summed E-state index contributed by atoms with van der Waals surface area (Å²) < 4.78 is 70.3. The minimum absolute atomic E-state index is 0.00699. The summed E-state index contributed by atoms with van der Waals surface area (Å²) in [6.45, 7) is 0.778. The lowest BCUT2D eigenvalue weighted by molar-refractivity contribution is -0.254. The standard InChI is InChI=1S/C35H29F4N7O2S/c1-2-21-24(36)6-3-18-13-25-23(14-41-45-25)27(26(18)21)29-30-22(7-10-40-29)28-31(46-15-19-4-5-20(16-46)42-19)43-33(44-32(28)49-30)48-17-34(35(37,38)39)8-11-47-12-9-34/h1,3,6-7,10,13-14,19-20,42H,4-5,8-9,11-12,15-17H2,(H,41,45)/t19-,20+. The number of piperazine rings is 1. The van der Waals surface area contributed by atoms with Crippen molar-refractivity contribution in [2.75, 3.05) is 37.8 Å². The second-order valence-electron chi connectivity index (χ2n) is 13.1. The summed E-state index contributed by atoms with van der Waals surface area (Å²) in [5.41, 5.74) is -0.00937. The number of ether oxygens (including phenoxy) is 2. The van der Waals surface area contributed by atoms with Crippen LogP contribution in [0.1, 0.15) is 31.2 Å². The summed E-state index contributed by atoms with van der Waals surface area (Å²) in [5.74, 6) is 2.63. The SMILES string of the molecule is C#Cc1c(F)ccc2cc3[nH]ncc3c(-c3nccc4c3sc3nc(OCC5(C(F)(F)F)CCOCC5)nc(N5C[C@H]6CC[C@@H](C5)N6)c34)c12. The average Bonchev–Trinajstić information content (AvgIpc) is 3.82. The number of nitrogens with one attached hydrogen (secondary N) is 2. The minimum atomic E-state index is -4.48. The lowest BCUT2D eigenvalue weighted by atomic mass is 9.80. The van der Waals surface area contributed by atoms with Gasteiger partial charge in [-0.15, -0.1) is 17.8 Å². The molecule has 3 aliphatic heterocycles. The Morgan fingerprint density at radius 2 is 1.88 bits per heavy atom. The van der Waals surface area contributed by atoms with Crippen LogP contribution in [0.5, 0.6) is 6.01 Å². The van der Waals surface area contributed by atoms with Crippen LogP contribution >= 0.6 is 11.3 Å². The lowest BCUT2D eigenvalue weighted by Gasteiger charge is -2.38. The van der Waals surface area contributed by atoms with Gasteiger partial charge in [0.1, 0.15) is 28.5 Å². The quantitative estimate of drug-likeness (QED) is 0.152. The Balaban J connectivity index is 1.26. The van der Waals surface area contributed by atoms with Gasteiger partial charge in [-0.25, -0.2) is 4.39 Å². The van der Waals surface area contributed by atoms with E-state index in [9.17, 15) is 13.2 Å². The normalized spacial score (nSPS) is 20.8. The van der Waals surface area contributed by atoms with Crippen LogP contribution in [0, 0.1) is 23.6 Å². The molecule has 0 spiro atoms. The van der Waals surface area contributed by atoms with E-state index in [2.05, 4.69) is 26.3 Å². The van der Waals surface area contributed by atoms with Gasteiger partial charge < -0.3 is 19.7 Å². The first kappa shape index (κ1) is 30.5. The Morgan fingerprint density at radius 1 is 1.08 bits per heavy atom. The van der Waals surface area contributed by atoms with Gasteiger partial charge in [0.2, 0.25) is 0 Å². The number of hydrogen-bond acceptors (Lipinski definition) is 9. The summed E-state index contributed by atoms with van der Waals surface area (Å²) in [7, 11) is 0. The molecule has 0 amide bonds. The Kier molecular flexibility index (Phi) is 6.98. The fraction of sp³-hybridized carbons (Fsp3) is 0.371. The second-order valence-corrected chi connectivity index (χ2v) is 14.1. The molecule has 2 atom stereocenters. The molecule has 0 aliphatic carbocycles. The molecule has 3 fully saturated rings. The van der Waals surface area contributed by atoms with Crippen molar-refractivity contribution in [3.05, 3.63) is 48.0 Å². The molecule has 3 saturated heterocycles. The molecule has 250 valence electrons. The van der Waals surface area contributed by atoms with E-state index in [0.29, 0.717) is 40.4 Å². The third-order valence-corrected chi connectivity index (χ3v) is 11.4. The van der Waals surface area contributed by atoms with Gasteiger partial charge in [0, 0.05) is 66.3 Å². The van der Waals surface area contributed by atoms with Crippen LogP contribution in [0.4, 0.5) is 23.4 Å². The zero-order valence-electron chi connectivity index (χ0n) is 26.0. The van der Waals surface area contributed by atoms with Gasteiger partial charge >= 0.3 is 12.2 Å². The number of thiophene rings is 1. The van der Waals surface area contributed by atoms with Crippen molar-refractivity contribution in [1.82, 2.24) is 30.5 Å². The number of anilines is 1. The number of aromatic nitrogens is 5. The molecule has 14 heteroatoms. The van der Waals surface area contributed by atoms with Crippen molar-refractivity contribution in [1.29, 1.82) is 0 Å². The number of terminal acetylenes is 1. The van der Waals surface area contributed by atoms with Crippen LogP contribution in [-0.4, -0.2) is 76.3 Å². The van der Waals surface area contributed by atoms with Gasteiger partial charge in [-0.1, -0.05) is 12.0 Å². The van der Waals surface area contributed by atoms with Crippen molar-refractivity contribution in [2.45, 2.75) is 43.9 Å². The van der Waals surface area contributed by atoms with Gasteiger partial charge in [-0.05, 0) is 49.3 Å². The highest BCUT2D eigenvalue weighted by Crippen LogP contribution is 2.48. The third-order valence-electron chi connectivity index (χ3n) is 10.3. The van der Waals surface area contributed by atoms with Crippen molar-refractivity contribution < 1.29 is 27.0 Å². The molecule has 2 bridgehead atoms. The number of halogens is 4. The molecule has 6 aromatic rings. The predicted molar refractivity (Wildman–Crippen MR) is 179 cm³/mol. The first-order valence-electron chi connectivity index (χ1n) is 16.2. The molecule has 3 aliphatic rings. The van der Waals surface area contributed by atoms with Crippen LogP contribution in [0.15, 0.2) is 36.7 Å². The Bertz CT molecular complexity index is 2310. The van der Waals surface area contributed by atoms with E-state index in [-0.39, 0.29) is 49.7 Å². The van der Waals surface area contributed by atoms with Crippen molar-refractivity contribution in [3.63, 3.8) is 0 Å². The average molecular weight is 688 g/mol. The Labute approximate surface area is 281 Å². The number of hydrogen-bond donors (Lipinski definition) is 2. The molecule has 9 rings (SSSR count). The summed E-state index contributed by atoms with van der Waals surface area (Å²) in [4.78, 5) is 17.1. The van der Waals surface area contributed by atoms with E-state index in [1.54, 1.807) is 18.5 Å². The van der Waals surface area contributed by atoms with Gasteiger partial charge in [0.15, 0.2) is 0 Å². The zero-order chi connectivity index (χ0) is 33.5. The fourth-order valence-electron chi connectivity index (χ4n) is 7.75. The number of pyridine rings is 1. The zero-order valence-corrected chi connectivity index (χ0v) is 26.8. The largest absolute Gasteiger partial charge is 0.462 e. The second kappa shape index (κ2) is 11.2. The maximum atomic E-state index is 15.2. The van der Waals surface area contributed by atoms with E-state index in [0.717, 1.165) is 44.6 Å². The predicted octanol–water partition coefficient (Wildman–Crippen LogP) is 6.73. The minimum Gasteiger partial charge on any atom is -0.462 e. The number of benzene rings is 2. The highest BCUT2D eigenvalue weighted by atomic mass is 32.1. The van der Waals surface area contributed by atoms with Crippen LogP contribution in [0.25, 0.3) is 53.2 Å². The van der Waals surface area contributed by atoms with Crippen molar-refractivity contribution in [3.8, 4) is 29.6 Å². The van der Waals surface area contributed by atoms with E-state index >= 15 is 4.39 Å². The van der Waals surface area contributed by atoms with Gasteiger partial charge in [0.25, 0.3) is 0 Å². The highest BCUT2D eigenvalue weighted by Gasteiger charge is 2.56. The van der Waals surface area contributed by atoms with E-state index < -0.39 is 24.0 Å². The maximum absolute atomic E-state index is 15.2. The summed E-state index contributed by atoms with van der Waals surface area (Å²) in [6.07, 6.45) is 6.42. The summed E-state index contributed by atoms with van der Waals surface area (Å²) in [6, 6.07) is 7.24. The molecule has 4 aromatic heterocycles. The molecule has 49 heavy (non-hydrogen) atoms. The number of rotatable bonds is 5. The van der Waals surface area contributed by atoms with E-state index in [1.807, 2.05) is 12.1 Å². The molecule has 9 nitrogen and oxygen atoms in total. The molecular formula is C35H29F4N7O2S. The first-order chi connectivity index (χ1) is 23.7. The van der Waals surface area contributed by atoms with Gasteiger partial charge in [0.05, 0.1) is 33.1 Å². The Morgan fingerprint density at radius 3 is 2.63 bits per heavy atom. The fourth-order valence-corrected chi connectivity index (χ4v) is 8.90. The lowest BCUT2D eigenvalue weighted by Crippen LogP contribution is -2.51. The molecule has 2 aromatic carbocycles. The van der Waals surface area contributed by atoms with Crippen LogP contribution in [0.3, 0.4) is 0 Å². The number of alkyl halides is 3. The topological polar surface area (TPSA) is 101 Å². The number of H-pyrrole nitrogens is 1. The van der Waals surface area contributed by atoms with Gasteiger partial charge in [-0.3, -0.25) is 10.1 Å². The molecule has 7 heterocycles. The monoisotopic (exact) mass is 687 g/mol. The third kappa shape index (κ3) is 4.81. The number of nitrogens with zero attached hydrogens (tertiary/aromatic N) is 5.